The predicted octanol–water partition coefficient (Wildman–Crippen LogP) is 2.26. The van der Waals surface area contributed by atoms with E-state index in [2.05, 4.69) is 0 Å². The van der Waals surface area contributed by atoms with E-state index in [0.29, 0.717) is 11.1 Å². The second-order valence-corrected chi connectivity index (χ2v) is 2.94. The van der Waals surface area contributed by atoms with Crippen LogP contribution < -0.4 is 0 Å². The molecule has 0 aliphatic heterocycles. The Balaban J connectivity index is 3.23. The Bertz CT molecular complexity index is 340. The van der Waals surface area contributed by atoms with Gasteiger partial charge in [-0.05, 0) is 25.0 Å². The summed E-state index contributed by atoms with van der Waals surface area (Å²) < 4.78 is 0. The molecular formula is C11H12O2. The Kier molecular flexibility index (Phi) is 2.96. The lowest BCUT2D eigenvalue weighted by atomic mass is 10.00. The van der Waals surface area contributed by atoms with Gasteiger partial charge in [-0.1, -0.05) is 19.1 Å². The van der Waals surface area contributed by atoms with Crippen molar-refractivity contribution in [2.45, 2.75) is 20.3 Å². The summed E-state index contributed by atoms with van der Waals surface area (Å²) in [6, 6.07) is 5.15. The number of benzene rings is 1. The van der Waals surface area contributed by atoms with Gasteiger partial charge in [0.1, 0.15) is 6.29 Å². The lowest BCUT2D eigenvalue weighted by Crippen LogP contribution is -1.99. The highest BCUT2D eigenvalue weighted by molar-refractivity contribution is 5.96. The summed E-state index contributed by atoms with van der Waals surface area (Å²) >= 11 is 0. The fourth-order valence-electron chi connectivity index (χ4n) is 1.32. The molecular weight excluding hydrogens is 164 g/mol. The number of ketones is 1. The van der Waals surface area contributed by atoms with Crippen LogP contribution in [0.1, 0.15) is 40.1 Å². The number of hydrogen-bond donors (Lipinski definition) is 0. The molecule has 68 valence electrons. The van der Waals surface area contributed by atoms with Crippen molar-refractivity contribution >= 4 is 12.1 Å². The zero-order chi connectivity index (χ0) is 9.84. The van der Waals surface area contributed by atoms with Crippen LogP contribution in [-0.2, 0) is 6.42 Å². The summed E-state index contributed by atoms with van der Waals surface area (Å²) in [7, 11) is 0. The molecule has 0 saturated heterocycles. The predicted molar refractivity (Wildman–Crippen MR) is 51.2 cm³/mol. The molecule has 0 atom stereocenters. The minimum Gasteiger partial charge on any atom is -0.298 e. The first-order valence-electron chi connectivity index (χ1n) is 4.28. The SMILES string of the molecule is CCc1cc(C=O)ccc1C(C)=O. The van der Waals surface area contributed by atoms with Crippen LogP contribution >= 0.6 is 0 Å². The van der Waals surface area contributed by atoms with Gasteiger partial charge in [-0.2, -0.15) is 0 Å². The smallest absolute Gasteiger partial charge is 0.160 e. The Morgan fingerprint density at radius 1 is 1.46 bits per heavy atom. The van der Waals surface area contributed by atoms with Gasteiger partial charge in [0.2, 0.25) is 0 Å². The Hall–Kier alpha value is -1.44. The van der Waals surface area contributed by atoms with Crippen molar-refractivity contribution in [3.8, 4) is 0 Å². The van der Waals surface area contributed by atoms with Gasteiger partial charge in [0.25, 0.3) is 0 Å². The summed E-state index contributed by atoms with van der Waals surface area (Å²) in [5.41, 5.74) is 2.28. The Morgan fingerprint density at radius 3 is 2.62 bits per heavy atom. The van der Waals surface area contributed by atoms with Crippen molar-refractivity contribution in [1.82, 2.24) is 0 Å². The third-order valence-electron chi connectivity index (χ3n) is 2.03. The summed E-state index contributed by atoms with van der Waals surface area (Å²) in [6.07, 6.45) is 1.57. The van der Waals surface area contributed by atoms with Crippen molar-refractivity contribution in [2.24, 2.45) is 0 Å². The normalized spacial score (nSPS) is 9.69. The molecule has 0 fully saturated rings. The first kappa shape index (κ1) is 9.65. The van der Waals surface area contributed by atoms with Crippen LogP contribution in [0.4, 0.5) is 0 Å². The summed E-state index contributed by atoms with van der Waals surface area (Å²) in [5, 5.41) is 0. The number of aldehydes is 1. The van der Waals surface area contributed by atoms with E-state index in [0.717, 1.165) is 18.3 Å². The molecule has 0 N–H and O–H groups in total. The Labute approximate surface area is 77.6 Å². The van der Waals surface area contributed by atoms with Crippen molar-refractivity contribution in [3.05, 3.63) is 34.9 Å². The molecule has 13 heavy (non-hydrogen) atoms. The van der Waals surface area contributed by atoms with Gasteiger partial charge >= 0.3 is 0 Å². The summed E-state index contributed by atoms with van der Waals surface area (Å²) in [6.45, 7) is 3.51. The standard InChI is InChI=1S/C11H12O2/c1-3-10-6-9(7-12)4-5-11(10)8(2)13/h4-7H,3H2,1-2H3. The maximum atomic E-state index is 11.1. The van der Waals surface area contributed by atoms with Crippen molar-refractivity contribution in [1.29, 1.82) is 0 Å². The van der Waals surface area contributed by atoms with E-state index in [9.17, 15) is 9.59 Å². The lowest BCUT2D eigenvalue weighted by Gasteiger charge is -2.04. The molecule has 0 saturated carbocycles. The van der Waals surface area contributed by atoms with E-state index in [-0.39, 0.29) is 5.78 Å². The molecule has 0 unspecified atom stereocenters. The fourth-order valence-corrected chi connectivity index (χ4v) is 1.32. The van der Waals surface area contributed by atoms with Crippen LogP contribution in [0, 0.1) is 0 Å². The highest BCUT2D eigenvalue weighted by Gasteiger charge is 2.05. The molecule has 0 amide bonds. The molecule has 1 aromatic carbocycles. The molecule has 0 aliphatic rings. The van der Waals surface area contributed by atoms with E-state index in [4.69, 9.17) is 0 Å². The number of hydrogen-bond acceptors (Lipinski definition) is 2. The van der Waals surface area contributed by atoms with E-state index in [1.165, 1.54) is 6.92 Å². The second kappa shape index (κ2) is 3.99. The minimum atomic E-state index is 0.0503. The molecule has 0 aliphatic carbocycles. The molecule has 0 heterocycles. The van der Waals surface area contributed by atoms with Crippen LogP contribution in [0.2, 0.25) is 0 Å². The zero-order valence-corrected chi connectivity index (χ0v) is 7.83. The maximum Gasteiger partial charge on any atom is 0.160 e. The van der Waals surface area contributed by atoms with Crippen LogP contribution in [0.5, 0.6) is 0 Å². The molecule has 1 rings (SSSR count). The average Bonchev–Trinajstić information content (AvgIpc) is 2.16. The van der Waals surface area contributed by atoms with Gasteiger partial charge in [0.15, 0.2) is 5.78 Å². The summed E-state index contributed by atoms with van der Waals surface area (Å²) in [5.74, 6) is 0.0503. The lowest BCUT2D eigenvalue weighted by molar-refractivity contribution is 0.101. The number of carbonyl (C=O) groups excluding carboxylic acids is 2. The number of Topliss-reactive ketones (excluding diaryl/α,β-unsaturated/α-hetero) is 1. The molecule has 2 heteroatoms. The molecule has 0 radical (unpaired) electrons. The van der Waals surface area contributed by atoms with Gasteiger partial charge in [-0.25, -0.2) is 0 Å². The van der Waals surface area contributed by atoms with Crippen LogP contribution in [0.3, 0.4) is 0 Å². The van der Waals surface area contributed by atoms with Gasteiger partial charge in [-0.3, -0.25) is 9.59 Å². The molecule has 0 spiro atoms. The summed E-state index contributed by atoms with van der Waals surface area (Å²) in [4.78, 5) is 21.6. The Morgan fingerprint density at radius 2 is 2.15 bits per heavy atom. The second-order valence-electron chi connectivity index (χ2n) is 2.94. The highest BCUT2D eigenvalue weighted by Crippen LogP contribution is 2.12. The van der Waals surface area contributed by atoms with Gasteiger partial charge in [0.05, 0.1) is 0 Å². The molecule has 2 nitrogen and oxygen atoms in total. The number of carbonyl (C=O) groups is 2. The largest absolute Gasteiger partial charge is 0.298 e. The van der Waals surface area contributed by atoms with Crippen molar-refractivity contribution in [3.63, 3.8) is 0 Å². The van der Waals surface area contributed by atoms with E-state index in [1.807, 2.05) is 6.92 Å². The van der Waals surface area contributed by atoms with E-state index >= 15 is 0 Å². The van der Waals surface area contributed by atoms with Gasteiger partial charge in [-0.15, -0.1) is 0 Å². The minimum absolute atomic E-state index is 0.0503. The van der Waals surface area contributed by atoms with Crippen molar-refractivity contribution < 1.29 is 9.59 Å². The third-order valence-corrected chi connectivity index (χ3v) is 2.03. The van der Waals surface area contributed by atoms with E-state index < -0.39 is 0 Å². The average molecular weight is 176 g/mol. The molecule has 1 aromatic rings. The van der Waals surface area contributed by atoms with Gasteiger partial charge < -0.3 is 0 Å². The number of aryl methyl sites for hydroxylation is 1. The molecule has 0 bridgehead atoms. The first-order valence-corrected chi connectivity index (χ1v) is 4.28. The van der Waals surface area contributed by atoms with E-state index in [1.54, 1.807) is 18.2 Å². The monoisotopic (exact) mass is 176 g/mol. The topological polar surface area (TPSA) is 34.1 Å². The zero-order valence-electron chi connectivity index (χ0n) is 7.83. The van der Waals surface area contributed by atoms with Crippen molar-refractivity contribution in [2.75, 3.05) is 0 Å². The van der Waals surface area contributed by atoms with Gasteiger partial charge in [0, 0.05) is 11.1 Å². The van der Waals surface area contributed by atoms with Crippen LogP contribution in [0.15, 0.2) is 18.2 Å². The maximum absolute atomic E-state index is 11.1. The van der Waals surface area contributed by atoms with Crippen LogP contribution in [0.25, 0.3) is 0 Å². The number of rotatable bonds is 3. The third kappa shape index (κ3) is 2.02. The molecule has 0 aromatic heterocycles. The quantitative estimate of drug-likeness (QED) is 0.523. The van der Waals surface area contributed by atoms with Crippen LogP contribution in [-0.4, -0.2) is 12.1 Å². The highest BCUT2D eigenvalue weighted by atomic mass is 16.1. The first-order chi connectivity index (χ1) is 6.19. The fraction of sp³-hybridized carbons (Fsp3) is 0.273.